The molecule has 5 nitrogen and oxygen atoms in total. The lowest BCUT2D eigenvalue weighted by Crippen LogP contribution is -2.17. The Hall–Kier alpha value is -3.48. The first-order chi connectivity index (χ1) is 15.5. The minimum absolute atomic E-state index is 0.323. The number of amides is 1. The number of carbonyl (C=O) groups excluding carboxylic acids is 2. The van der Waals surface area contributed by atoms with Crippen LogP contribution in [0.25, 0.3) is 10.8 Å². The average Bonchev–Trinajstić information content (AvgIpc) is 2.80. The summed E-state index contributed by atoms with van der Waals surface area (Å²) in [7, 11) is 0. The Labute approximate surface area is 197 Å². The Bertz CT molecular complexity index is 1340. The molecule has 0 saturated heterocycles. The molecule has 4 rings (SSSR count). The van der Waals surface area contributed by atoms with Crippen LogP contribution in [0.3, 0.4) is 0 Å². The second kappa shape index (κ2) is 9.77. The third-order valence-electron chi connectivity index (χ3n) is 4.66. The number of fused-ring (bicyclic) bond motifs is 1. The van der Waals surface area contributed by atoms with E-state index < -0.39 is 5.97 Å². The van der Waals surface area contributed by atoms with Gasteiger partial charge in [0, 0.05) is 20.6 Å². The van der Waals surface area contributed by atoms with Crippen molar-refractivity contribution in [1.29, 1.82) is 0 Å². The lowest BCUT2D eigenvalue weighted by Gasteiger charge is -2.10. The molecule has 0 aliphatic heterocycles. The largest absolute Gasteiger partial charge is 0.422 e. The quantitative estimate of drug-likeness (QED) is 0.150. The fourth-order valence-corrected chi connectivity index (χ4v) is 3.62. The van der Waals surface area contributed by atoms with E-state index in [9.17, 15) is 9.59 Å². The molecule has 0 atom stereocenters. The maximum atomic E-state index is 12.6. The third kappa shape index (κ3) is 5.04. The SMILES string of the molecule is O=C(NN=Cc1c(OC(=O)c2ccc(Cl)cc2)ccc2ccccc12)c1cccc(Br)c1. The third-order valence-corrected chi connectivity index (χ3v) is 5.41. The van der Waals surface area contributed by atoms with E-state index in [-0.39, 0.29) is 5.91 Å². The summed E-state index contributed by atoms with van der Waals surface area (Å²) in [5.74, 6) is -0.559. The lowest BCUT2D eigenvalue weighted by atomic mass is 10.0. The van der Waals surface area contributed by atoms with Gasteiger partial charge in [-0.2, -0.15) is 5.10 Å². The molecule has 0 unspecified atom stereocenters. The standard InChI is InChI=1S/C25H16BrClN2O3/c26-19-6-3-5-18(14-19)24(30)29-28-15-22-21-7-2-1-4-16(21)10-13-23(22)32-25(31)17-8-11-20(27)12-9-17/h1-15H,(H,29,30). The van der Waals surface area contributed by atoms with Crippen LogP contribution in [-0.2, 0) is 0 Å². The normalized spacial score (nSPS) is 10.9. The Kier molecular flexibility index (Phi) is 6.63. The van der Waals surface area contributed by atoms with Crippen molar-refractivity contribution in [3.63, 3.8) is 0 Å². The highest BCUT2D eigenvalue weighted by molar-refractivity contribution is 9.10. The zero-order valence-corrected chi connectivity index (χ0v) is 18.9. The summed E-state index contributed by atoms with van der Waals surface area (Å²) in [5.41, 5.74) is 3.91. The first kappa shape index (κ1) is 21.7. The second-order valence-corrected chi connectivity index (χ2v) is 8.16. The zero-order chi connectivity index (χ0) is 22.5. The molecule has 0 aliphatic carbocycles. The first-order valence-corrected chi connectivity index (χ1v) is 10.8. The molecule has 0 aliphatic rings. The van der Waals surface area contributed by atoms with Crippen molar-refractivity contribution in [3.8, 4) is 5.75 Å². The molecule has 0 aromatic heterocycles. The Morgan fingerprint density at radius 2 is 1.69 bits per heavy atom. The van der Waals surface area contributed by atoms with Gasteiger partial charge in [-0.3, -0.25) is 4.79 Å². The van der Waals surface area contributed by atoms with Crippen LogP contribution in [0.2, 0.25) is 5.02 Å². The molecule has 1 amide bonds. The number of benzene rings is 4. The smallest absolute Gasteiger partial charge is 0.343 e. The van der Waals surface area contributed by atoms with E-state index in [2.05, 4.69) is 26.5 Å². The van der Waals surface area contributed by atoms with Crippen LogP contribution in [0.1, 0.15) is 26.3 Å². The maximum absolute atomic E-state index is 12.6. The van der Waals surface area contributed by atoms with E-state index in [4.69, 9.17) is 16.3 Å². The van der Waals surface area contributed by atoms with E-state index in [0.29, 0.717) is 27.5 Å². The van der Waals surface area contributed by atoms with E-state index in [1.54, 1.807) is 48.5 Å². The average molecular weight is 508 g/mol. The molecular weight excluding hydrogens is 492 g/mol. The van der Waals surface area contributed by atoms with Crippen molar-refractivity contribution >= 4 is 56.4 Å². The molecule has 0 radical (unpaired) electrons. The Morgan fingerprint density at radius 3 is 2.47 bits per heavy atom. The van der Waals surface area contributed by atoms with Crippen molar-refractivity contribution in [3.05, 3.63) is 111 Å². The van der Waals surface area contributed by atoms with Gasteiger partial charge in [-0.15, -0.1) is 0 Å². The van der Waals surface area contributed by atoms with Gasteiger partial charge in [0.15, 0.2) is 0 Å². The van der Waals surface area contributed by atoms with Crippen molar-refractivity contribution in [2.24, 2.45) is 5.10 Å². The van der Waals surface area contributed by atoms with Crippen molar-refractivity contribution < 1.29 is 14.3 Å². The highest BCUT2D eigenvalue weighted by Gasteiger charge is 2.14. The summed E-state index contributed by atoms with van der Waals surface area (Å²) in [6.07, 6.45) is 1.47. The molecule has 0 heterocycles. The number of esters is 1. The highest BCUT2D eigenvalue weighted by Crippen LogP contribution is 2.27. The van der Waals surface area contributed by atoms with Gasteiger partial charge in [-0.25, -0.2) is 10.2 Å². The molecule has 4 aromatic carbocycles. The van der Waals surface area contributed by atoms with Gasteiger partial charge in [0.2, 0.25) is 0 Å². The second-order valence-electron chi connectivity index (χ2n) is 6.80. The number of rotatable bonds is 5. The van der Waals surface area contributed by atoms with Crippen LogP contribution in [0.15, 0.2) is 94.5 Å². The van der Waals surface area contributed by atoms with Crippen molar-refractivity contribution in [1.82, 2.24) is 5.43 Å². The van der Waals surface area contributed by atoms with Crippen LogP contribution >= 0.6 is 27.5 Å². The first-order valence-electron chi connectivity index (χ1n) is 9.60. The number of hydrogen-bond acceptors (Lipinski definition) is 4. The minimum atomic E-state index is -0.523. The van der Waals surface area contributed by atoms with Gasteiger partial charge >= 0.3 is 5.97 Å². The van der Waals surface area contributed by atoms with Crippen LogP contribution in [0.4, 0.5) is 0 Å². The zero-order valence-electron chi connectivity index (χ0n) is 16.6. The molecule has 32 heavy (non-hydrogen) atoms. The summed E-state index contributed by atoms with van der Waals surface area (Å²) in [6, 6.07) is 24.6. The topological polar surface area (TPSA) is 67.8 Å². The van der Waals surface area contributed by atoms with E-state index in [0.717, 1.165) is 15.2 Å². The summed E-state index contributed by atoms with van der Waals surface area (Å²) in [6.45, 7) is 0. The number of nitrogens with one attached hydrogen (secondary N) is 1. The van der Waals surface area contributed by atoms with Crippen LogP contribution < -0.4 is 10.2 Å². The molecule has 4 aromatic rings. The van der Waals surface area contributed by atoms with Gasteiger partial charge in [0.1, 0.15) is 5.75 Å². The summed E-state index contributed by atoms with van der Waals surface area (Å²) < 4.78 is 6.44. The van der Waals surface area contributed by atoms with Crippen LogP contribution in [0, 0.1) is 0 Å². The predicted octanol–water partition coefficient (Wildman–Crippen LogP) is 6.24. The molecular formula is C25H16BrClN2O3. The monoisotopic (exact) mass is 506 g/mol. The number of nitrogens with zero attached hydrogens (tertiary/aromatic N) is 1. The molecule has 0 spiro atoms. The Morgan fingerprint density at radius 1 is 0.906 bits per heavy atom. The van der Waals surface area contributed by atoms with Crippen LogP contribution in [-0.4, -0.2) is 18.1 Å². The number of hydrazone groups is 1. The Balaban J connectivity index is 1.62. The van der Waals surface area contributed by atoms with Gasteiger partial charge in [-0.05, 0) is 59.3 Å². The van der Waals surface area contributed by atoms with E-state index in [1.807, 2.05) is 36.4 Å². The highest BCUT2D eigenvalue weighted by atomic mass is 79.9. The summed E-state index contributed by atoms with van der Waals surface area (Å²) >= 11 is 9.24. The lowest BCUT2D eigenvalue weighted by molar-refractivity contribution is 0.0734. The molecule has 0 fully saturated rings. The van der Waals surface area contributed by atoms with E-state index in [1.165, 1.54) is 6.21 Å². The minimum Gasteiger partial charge on any atom is -0.422 e. The number of ether oxygens (including phenoxy) is 1. The molecule has 158 valence electrons. The van der Waals surface area contributed by atoms with Crippen molar-refractivity contribution in [2.75, 3.05) is 0 Å². The van der Waals surface area contributed by atoms with Gasteiger partial charge in [0.25, 0.3) is 5.91 Å². The fraction of sp³-hybridized carbons (Fsp3) is 0. The van der Waals surface area contributed by atoms with Gasteiger partial charge in [0.05, 0.1) is 11.8 Å². The fourth-order valence-electron chi connectivity index (χ4n) is 3.09. The maximum Gasteiger partial charge on any atom is 0.343 e. The summed E-state index contributed by atoms with van der Waals surface area (Å²) in [4.78, 5) is 25.0. The van der Waals surface area contributed by atoms with E-state index >= 15 is 0 Å². The summed E-state index contributed by atoms with van der Waals surface area (Å²) in [5, 5.41) is 6.40. The molecule has 0 bridgehead atoms. The number of halogens is 2. The van der Waals surface area contributed by atoms with Crippen molar-refractivity contribution in [2.45, 2.75) is 0 Å². The number of carbonyl (C=O) groups is 2. The molecule has 7 heteroatoms. The van der Waals surface area contributed by atoms with Crippen LogP contribution in [0.5, 0.6) is 5.75 Å². The molecule has 0 saturated carbocycles. The predicted molar refractivity (Wildman–Crippen MR) is 130 cm³/mol. The van der Waals surface area contributed by atoms with Gasteiger partial charge < -0.3 is 4.74 Å². The van der Waals surface area contributed by atoms with Gasteiger partial charge in [-0.1, -0.05) is 63.9 Å². The molecule has 1 N–H and O–H groups in total. The number of hydrogen-bond donors (Lipinski definition) is 1.